The molecule has 2 heterocycles. The Morgan fingerprint density at radius 3 is 2.42 bits per heavy atom. The molecule has 0 aliphatic carbocycles. The van der Waals surface area contributed by atoms with Crippen molar-refractivity contribution in [1.29, 1.82) is 0 Å². The number of fused-ring (bicyclic) bond motifs is 2. The predicted octanol–water partition coefficient (Wildman–Crippen LogP) is 4.10. The Morgan fingerprint density at radius 1 is 0.939 bits per heavy atom. The molecule has 33 heavy (non-hydrogen) atoms. The van der Waals surface area contributed by atoms with Crippen molar-refractivity contribution >= 4 is 35.1 Å². The number of rotatable bonds is 4. The van der Waals surface area contributed by atoms with Gasteiger partial charge in [0.15, 0.2) is 11.5 Å². The van der Waals surface area contributed by atoms with Crippen molar-refractivity contribution < 1.29 is 23.9 Å². The zero-order valence-electron chi connectivity index (χ0n) is 17.8. The molecule has 0 bridgehead atoms. The van der Waals surface area contributed by atoms with Gasteiger partial charge in [-0.25, -0.2) is 0 Å². The van der Waals surface area contributed by atoms with Gasteiger partial charge >= 0.3 is 0 Å². The van der Waals surface area contributed by atoms with Crippen LogP contribution in [0.15, 0.2) is 66.7 Å². The highest BCUT2D eigenvalue weighted by Gasteiger charge is 2.34. The highest BCUT2D eigenvalue weighted by Crippen LogP contribution is 2.35. The number of carbonyl (C=O) groups excluding carboxylic acids is 3. The molecule has 164 valence electrons. The molecule has 3 aromatic carbocycles. The van der Waals surface area contributed by atoms with E-state index in [1.165, 1.54) is 11.8 Å². The molecule has 2 aliphatic rings. The molecule has 2 aliphatic heterocycles. The van der Waals surface area contributed by atoms with Gasteiger partial charge in [-0.05, 0) is 53.1 Å². The summed E-state index contributed by atoms with van der Waals surface area (Å²) in [6.07, 6.45) is 1.76. The van der Waals surface area contributed by atoms with E-state index in [1.54, 1.807) is 54.6 Å². The minimum Gasteiger partial charge on any atom is -0.454 e. The summed E-state index contributed by atoms with van der Waals surface area (Å²) in [5.74, 6) is 0.368. The normalized spacial score (nSPS) is 15.5. The molecule has 1 N–H and O–H groups in total. The molecule has 0 saturated carbocycles. The third kappa shape index (κ3) is 3.96. The van der Waals surface area contributed by atoms with Gasteiger partial charge in [0.2, 0.25) is 12.7 Å². The van der Waals surface area contributed by atoms with Gasteiger partial charge in [-0.15, -0.1) is 0 Å². The molecule has 3 aromatic rings. The van der Waals surface area contributed by atoms with Gasteiger partial charge in [-0.3, -0.25) is 19.3 Å². The van der Waals surface area contributed by atoms with Gasteiger partial charge < -0.3 is 14.8 Å². The van der Waals surface area contributed by atoms with E-state index in [1.807, 2.05) is 18.2 Å². The second-order valence-corrected chi connectivity index (χ2v) is 7.79. The van der Waals surface area contributed by atoms with Gasteiger partial charge in [-0.2, -0.15) is 0 Å². The minimum atomic E-state index is -0.373. The number of nitrogens with zero attached hydrogens (tertiary/aromatic N) is 1. The number of carbonyl (C=O) groups is 3. The highest BCUT2D eigenvalue weighted by atomic mass is 16.7. The lowest BCUT2D eigenvalue weighted by Gasteiger charge is -2.29. The first-order valence-corrected chi connectivity index (χ1v) is 10.4. The lowest BCUT2D eigenvalue weighted by Crippen LogP contribution is -2.41. The molecule has 7 heteroatoms. The van der Waals surface area contributed by atoms with Gasteiger partial charge in [0.25, 0.3) is 11.8 Å². The van der Waals surface area contributed by atoms with Crippen molar-refractivity contribution in [1.82, 2.24) is 4.90 Å². The van der Waals surface area contributed by atoms with E-state index in [2.05, 4.69) is 5.32 Å². The van der Waals surface area contributed by atoms with E-state index in [0.29, 0.717) is 33.9 Å². The summed E-state index contributed by atoms with van der Waals surface area (Å²) in [5, 5.41) is 2.72. The van der Waals surface area contributed by atoms with Gasteiger partial charge in [-0.1, -0.05) is 36.4 Å². The Bertz CT molecular complexity index is 1310. The van der Waals surface area contributed by atoms with Crippen molar-refractivity contribution in [3.63, 3.8) is 0 Å². The van der Waals surface area contributed by atoms with Crippen LogP contribution in [0.4, 0.5) is 5.69 Å². The number of benzene rings is 3. The molecule has 7 nitrogen and oxygen atoms in total. The molecular formula is C26H20N2O5. The Labute approximate surface area is 190 Å². The van der Waals surface area contributed by atoms with Crippen LogP contribution in [0.3, 0.4) is 0 Å². The van der Waals surface area contributed by atoms with Gasteiger partial charge in [0.05, 0.1) is 6.54 Å². The molecule has 0 spiro atoms. The SMILES string of the molecule is CC(=O)Nc1ccc(/C=C2/C(=O)N(Cc3ccc4c(c3)OCO4)C(=O)c3ccccc32)cc1. The van der Waals surface area contributed by atoms with E-state index in [0.717, 1.165) is 11.1 Å². The maximum atomic E-state index is 13.5. The average molecular weight is 440 g/mol. The second-order valence-electron chi connectivity index (χ2n) is 7.79. The van der Waals surface area contributed by atoms with Crippen molar-refractivity contribution in [2.75, 3.05) is 12.1 Å². The van der Waals surface area contributed by atoms with Crippen LogP contribution in [0.25, 0.3) is 11.6 Å². The fourth-order valence-electron chi connectivity index (χ4n) is 3.94. The van der Waals surface area contributed by atoms with Gasteiger partial charge in [0, 0.05) is 23.7 Å². The van der Waals surface area contributed by atoms with E-state index in [4.69, 9.17) is 9.47 Å². The van der Waals surface area contributed by atoms with E-state index < -0.39 is 0 Å². The second kappa shape index (κ2) is 8.27. The van der Waals surface area contributed by atoms with E-state index in [-0.39, 0.29) is 31.1 Å². The molecule has 0 saturated heterocycles. The summed E-state index contributed by atoms with van der Waals surface area (Å²) in [6, 6.07) is 19.6. The van der Waals surface area contributed by atoms with Crippen LogP contribution in [-0.2, 0) is 16.1 Å². The number of hydrogen-bond donors (Lipinski definition) is 1. The number of amides is 3. The van der Waals surface area contributed by atoms with Crippen LogP contribution in [0.2, 0.25) is 0 Å². The summed E-state index contributed by atoms with van der Waals surface area (Å²) in [7, 11) is 0. The Balaban J connectivity index is 1.50. The van der Waals surface area contributed by atoms with Crippen LogP contribution < -0.4 is 14.8 Å². The van der Waals surface area contributed by atoms with Crippen LogP contribution in [-0.4, -0.2) is 29.4 Å². The van der Waals surface area contributed by atoms with Gasteiger partial charge in [0.1, 0.15) is 0 Å². The smallest absolute Gasteiger partial charge is 0.261 e. The topological polar surface area (TPSA) is 84.9 Å². The Hall–Kier alpha value is -4.39. The van der Waals surface area contributed by atoms with Crippen molar-refractivity contribution in [2.45, 2.75) is 13.5 Å². The number of anilines is 1. The number of nitrogens with one attached hydrogen (secondary N) is 1. The minimum absolute atomic E-state index is 0.113. The molecule has 3 amide bonds. The molecule has 0 fully saturated rings. The van der Waals surface area contributed by atoms with Crippen LogP contribution >= 0.6 is 0 Å². The maximum absolute atomic E-state index is 13.5. The lowest BCUT2D eigenvalue weighted by molar-refractivity contribution is -0.123. The molecule has 0 unspecified atom stereocenters. The molecule has 0 atom stereocenters. The van der Waals surface area contributed by atoms with Crippen molar-refractivity contribution in [2.24, 2.45) is 0 Å². The summed E-state index contributed by atoms with van der Waals surface area (Å²) >= 11 is 0. The largest absolute Gasteiger partial charge is 0.454 e. The molecule has 0 radical (unpaired) electrons. The first-order chi connectivity index (χ1) is 16.0. The third-order valence-corrected chi connectivity index (χ3v) is 5.49. The summed E-state index contributed by atoms with van der Waals surface area (Å²) in [6.45, 7) is 1.71. The summed E-state index contributed by atoms with van der Waals surface area (Å²) in [5.41, 5.74) is 3.70. The lowest BCUT2D eigenvalue weighted by atomic mass is 9.91. The quantitative estimate of drug-likeness (QED) is 0.488. The Morgan fingerprint density at radius 2 is 1.67 bits per heavy atom. The highest BCUT2D eigenvalue weighted by molar-refractivity contribution is 6.33. The third-order valence-electron chi connectivity index (χ3n) is 5.49. The maximum Gasteiger partial charge on any atom is 0.261 e. The molecule has 5 rings (SSSR count). The molecular weight excluding hydrogens is 420 g/mol. The first-order valence-electron chi connectivity index (χ1n) is 10.4. The fourth-order valence-corrected chi connectivity index (χ4v) is 3.94. The van der Waals surface area contributed by atoms with E-state index >= 15 is 0 Å². The first kappa shape index (κ1) is 20.5. The Kier molecular flexibility index (Phi) is 5.14. The van der Waals surface area contributed by atoms with E-state index in [9.17, 15) is 14.4 Å². The monoisotopic (exact) mass is 440 g/mol. The average Bonchev–Trinajstić information content (AvgIpc) is 3.28. The zero-order chi connectivity index (χ0) is 22.9. The zero-order valence-corrected chi connectivity index (χ0v) is 17.8. The van der Waals surface area contributed by atoms with Crippen molar-refractivity contribution in [3.8, 4) is 11.5 Å². The summed E-state index contributed by atoms with van der Waals surface area (Å²) in [4.78, 5) is 39.2. The van der Waals surface area contributed by atoms with Crippen LogP contribution in [0, 0.1) is 0 Å². The number of imide groups is 1. The number of ether oxygens (including phenoxy) is 2. The molecule has 0 aromatic heterocycles. The number of hydrogen-bond acceptors (Lipinski definition) is 5. The van der Waals surface area contributed by atoms with Crippen molar-refractivity contribution in [3.05, 3.63) is 89.0 Å². The summed E-state index contributed by atoms with van der Waals surface area (Å²) < 4.78 is 10.8. The van der Waals surface area contributed by atoms with Crippen LogP contribution in [0.5, 0.6) is 11.5 Å². The predicted molar refractivity (Wildman–Crippen MR) is 123 cm³/mol. The standard InChI is InChI=1S/C26H20N2O5/c1-16(29)27-19-9-6-17(7-10-19)12-22-20-4-2-3-5-21(20)25(30)28(26(22)31)14-18-8-11-23-24(13-18)33-15-32-23/h2-13H,14-15H2,1H3,(H,27,29)/b22-12+. The van der Waals surface area contributed by atoms with Crippen LogP contribution in [0.1, 0.15) is 34.0 Å². The fraction of sp³-hybridized carbons (Fsp3) is 0.115.